The second-order valence-electron chi connectivity index (χ2n) is 5.93. The molecule has 0 saturated carbocycles. The van der Waals surface area contributed by atoms with Crippen LogP contribution in [0.1, 0.15) is 21.4 Å². The molecule has 2 aromatic heterocycles. The van der Waals surface area contributed by atoms with Gasteiger partial charge in [0.2, 0.25) is 0 Å². The molecular weight excluding hydrogens is 430 g/mol. The first-order valence-electron chi connectivity index (χ1n) is 8.30. The van der Waals surface area contributed by atoms with Crippen LogP contribution in [-0.4, -0.2) is 40.4 Å². The van der Waals surface area contributed by atoms with Crippen molar-refractivity contribution in [1.82, 2.24) is 15.0 Å². The van der Waals surface area contributed by atoms with E-state index in [-0.39, 0.29) is 11.3 Å². The number of ether oxygens (including phenoxy) is 1. The predicted molar refractivity (Wildman–Crippen MR) is 107 cm³/mol. The summed E-state index contributed by atoms with van der Waals surface area (Å²) < 4.78 is 11.5. The van der Waals surface area contributed by atoms with Crippen molar-refractivity contribution in [3.05, 3.63) is 64.5 Å². The molecule has 3 heterocycles. The van der Waals surface area contributed by atoms with Gasteiger partial charge in [0.15, 0.2) is 11.5 Å². The molecule has 138 valence electrons. The summed E-state index contributed by atoms with van der Waals surface area (Å²) in [7, 11) is 1.63. The van der Waals surface area contributed by atoms with Crippen LogP contribution in [0.15, 0.2) is 57.8 Å². The molecule has 0 spiro atoms. The summed E-state index contributed by atoms with van der Waals surface area (Å²) >= 11 is 5.24. The highest BCUT2D eigenvalue weighted by molar-refractivity contribution is 9.10. The van der Waals surface area contributed by atoms with Crippen LogP contribution in [0.3, 0.4) is 0 Å². The number of hydrogen-bond acceptors (Lipinski definition) is 6. The molecule has 4 rings (SSSR count). The van der Waals surface area contributed by atoms with Gasteiger partial charge >= 0.3 is 0 Å². The van der Waals surface area contributed by atoms with Gasteiger partial charge in [-0.05, 0) is 45.8 Å². The monoisotopic (exact) mass is 445 g/mol. The Morgan fingerprint density at radius 2 is 2.26 bits per heavy atom. The summed E-state index contributed by atoms with van der Waals surface area (Å²) in [4.78, 5) is 18.9. The van der Waals surface area contributed by atoms with Crippen molar-refractivity contribution in [2.24, 2.45) is 0 Å². The average molecular weight is 446 g/mol. The number of methoxy groups -OCH3 is 1. The fourth-order valence-electron chi connectivity index (χ4n) is 2.96. The zero-order chi connectivity index (χ0) is 18.8. The number of hydrogen-bond donors (Lipinski definition) is 0. The van der Waals surface area contributed by atoms with Crippen molar-refractivity contribution in [3.63, 3.8) is 0 Å². The maximum Gasteiger partial charge on any atom is 0.277 e. The van der Waals surface area contributed by atoms with Crippen molar-refractivity contribution >= 4 is 33.6 Å². The van der Waals surface area contributed by atoms with E-state index in [1.165, 1.54) is 0 Å². The molecule has 1 atom stereocenters. The van der Waals surface area contributed by atoms with Gasteiger partial charge in [0.05, 0.1) is 11.6 Å². The van der Waals surface area contributed by atoms with Crippen molar-refractivity contribution in [1.29, 1.82) is 0 Å². The fourth-order valence-corrected chi connectivity index (χ4v) is 4.76. The van der Waals surface area contributed by atoms with E-state index in [1.54, 1.807) is 37.3 Å². The second-order valence-corrected chi connectivity index (χ2v) is 7.98. The maximum absolute atomic E-state index is 13.0. The number of halogens is 1. The van der Waals surface area contributed by atoms with E-state index in [2.05, 4.69) is 26.1 Å². The Bertz CT molecular complexity index is 964. The molecule has 0 aliphatic carbocycles. The van der Waals surface area contributed by atoms with Gasteiger partial charge in [-0.15, -0.1) is 11.8 Å². The van der Waals surface area contributed by atoms with E-state index in [0.29, 0.717) is 18.0 Å². The van der Waals surface area contributed by atoms with E-state index in [4.69, 9.17) is 9.26 Å². The minimum atomic E-state index is -0.143. The highest BCUT2D eigenvalue weighted by Gasteiger charge is 2.33. The van der Waals surface area contributed by atoms with Crippen LogP contribution in [0, 0.1) is 0 Å². The van der Waals surface area contributed by atoms with E-state index in [1.807, 2.05) is 35.2 Å². The fraction of sp³-hybridized carbons (Fsp3) is 0.211. The van der Waals surface area contributed by atoms with Gasteiger partial charge in [-0.1, -0.05) is 11.2 Å². The molecule has 1 unspecified atom stereocenters. The summed E-state index contributed by atoms with van der Waals surface area (Å²) in [6, 6.07) is 11.2. The molecule has 1 saturated heterocycles. The van der Waals surface area contributed by atoms with Crippen LogP contribution in [0.4, 0.5) is 0 Å². The van der Waals surface area contributed by atoms with Gasteiger partial charge < -0.3 is 14.2 Å². The van der Waals surface area contributed by atoms with Crippen LogP contribution in [0.5, 0.6) is 5.75 Å². The van der Waals surface area contributed by atoms with Gasteiger partial charge in [-0.2, -0.15) is 0 Å². The van der Waals surface area contributed by atoms with Gasteiger partial charge in [0.1, 0.15) is 11.1 Å². The number of benzene rings is 1. The van der Waals surface area contributed by atoms with Crippen LogP contribution < -0.4 is 4.74 Å². The molecule has 1 fully saturated rings. The molecule has 3 aromatic rings. The zero-order valence-electron chi connectivity index (χ0n) is 14.5. The molecule has 1 aliphatic rings. The summed E-state index contributed by atoms with van der Waals surface area (Å²) in [5.41, 5.74) is 2.12. The van der Waals surface area contributed by atoms with Gasteiger partial charge in [0, 0.05) is 36.3 Å². The molecule has 0 bridgehead atoms. The Morgan fingerprint density at radius 1 is 1.37 bits per heavy atom. The first-order chi connectivity index (χ1) is 13.2. The number of thioether (sulfide) groups is 1. The first kappa shape index (κ1) is 18.1. The van der Waals surface area contributed by atoms with Crippen molar-refractivity contribution < 1.29 is 14.1 Å². The minimum Gasteiger partial charge on any atom is -0.496 e. The summed E-state index contributed by atoms with van der Waals surface area (Å²) in [5, 5.41) is 3.91. The summed E-state index contributed by atoms with van der Waals surface area (Å²) in [6.07, 6.45) is 3.36. The number of amides is 1. The maximum atomic E-state index is 13.0. The largest absolute Gasteiger partial charge is 0.496 e. The lowest BCUT2D eigenvalue weighted by Gasteiger charge is -2.23. The van der Waals surface area contributed by atoms with Crippen LogP contribution in [-0.2, 0) is 0 Å². The van der Waals surface area contributed by atoms with Crippen molar-refractivity contribution in [3.8, 4) is 17.1 Å². The van der Waals surface area contributed by atoms with Gasteiger partial charge in [-0.25, -0.2) is 0 Å². The molecule has 1 amide bonds. The third kappa shape index (κ3) is 3.59. The predicted octanol–water partition coefficient (Wildman–Crippen LogP) is 4.40. The smallest absolute Gasteiger partial charge is 0.277 e. The standard InChI is InChI=1S/C19H16BrN3O3S/c1-25-16-5-4-12(9-14(16)20)19-23(7-8-27-19)18(24)15-10-17(26-22-15)13-3-2-6-21-11-13/h2-6,9-11,19H,7-8H2,1H3. The lowest BCUT2D eigenvalue weighted by atomic mass is 10.2. The van der Waals surface area contributed by atoms with Gasteiger partial charge in [-0.3, -0.25) is 9.78 Å². The Balaban J connectivity index is 1.58. The average Bonchev–Trinajstić information content (AvgIpc) is 3.38. The molecule has 1 aliphatic heterocycles. The molecule has 27 heavy (non-hydrogen) atoms. The van der Waals surface area contributed by atoms with Crippen LogP contribution >= 0.6 is 27.7 Å². The number of carbonyl (C=O) groups is 1. The normalized spacial score (nSPS) is 16.5. The molecule has 8 heteroatoms. The summed E-state index contributed by atoms with van der Waals surface area (Å²) in [5.74, 6) is 2.02. The summed E-state index contributed by atoms with van der Waals surface area (Å²) in [6.45, 7) is 0.660. The lowest BCUT2D eigenvalue weighted by Crippen LogP contribution is -2.30. The number of pyridine rings is 1. The second kappa shape index (κ2) is 7.74. The topological polar surface area (TPSA) is 68.5 Å². The molecule has 0 radical (unpaired) electrons. The van der Waals surface area contributed by atoms with E-state index < -0.39 is 0 Å². The third-order valence-corrected chi connectivity index (χ3v) is 6.17. The quantitative estimate of drug-likeness (QED) is 0.592. The Kier molecular flexibility index (Phi) is 5.18. The Labute approximate surface area is 169 Å². The van der Waals surface area contributed by atoms with E-state index >= 15 is 0 Å². The highest BCUT2D eigenvalue weighted by Crippen LogP contribution is 2.41. The molecular formula is C19H16BrN3O3S. The molecule has 0 N–H and O–H groups in total. The van der Waals surface area contributed by atoms with Crippen LogP contribution in [0.25, 0.3) is 11.3 Å². The minimum absolute atomic E-state index is 0.0711. The number of aromatic nitrogens is 2. The number of carbonyl (C=O) groups excluding carboxylic acids is 1. The Hall–Kier alpha value is -2.32. The first-order valence-corrected chi connectivity index (χ1v) is 10.1. The number of rotatable bonds is 4. The Morgan fingerprint density at radius 3 is 3.00 bits per heavy atom. The zero-order valence-corrected chi connectivity index (χ0v) is 16.9. The SMILES string of the molecule is COc1ccc(C2SCCN2C(=O)c2cc(-c3cccnc3)on2)cc1Br. The molecule has 6 nitrogen and oxygen atoms in total. The highest BCUT2D eigenvalue weighted by atomic mass is 79.9. The van der Waals surface area contributed by atoms with E-state index in [9.17, 15) is 4.79 Å². The van der Waals surface area contributed by atoms with Crippen molar-refractivity contribution in [2.45, 2.75) is 5.37 Å². The third-order valence-electron chi connectivity index (χ3n) is 4.29. The van der Waals surface area contributed by atoms with Crippen molar-refractivity contribution in [2.75, 3.05) is 19.4 Å². The number of nitrogens with zero attached hydrogens (tertiary/aromatic N) is 3. The molecule has 1 aromatic carbocycles. The van der Waals surface area contributed by atoms with Gasteiger partial charge in [0.25, 0.3) is 5.91 Å². The van der Waals surface area contributed by atoms with E-state index in [0.717, 1.165) is 27.1 Å². The van der Waals surface area contributed by atoms with Crippen LogP contribution in [0.2, 0.25) is 0 Å². The lowest BCUT2D eigenvalue weighted by molar-refractivity contribution is 0.0750.